The van der Waals surface area contributed by atoms with E-state index in [0.29, 0.717) is 11.6 Å². The number of likely N-dealkylation sites (N-methyl/N-ethyl adjacent to an activating group) is 1. The monoisotopic (exact) mass is 360 g/mol. The summed E-state index contributed by atoms with van der Waals surface area (Å²) in [6.07, 6.45) is 0. The van der Waals surface area contributed by atoms with Crippen molar-refractivity contribution in [2.75, 3.05) is 53.9 Å². The van der Waals surface area contributed by atoms with Gasteiger partial charge in [0.2, 0.25) is 0 Å². The first-order chi connectivity index (χ1) is 10.8. The number of nitrogens with zero attached hydrogens (tertiary/aromatic N) is 3. The number of rotatable bonds is 6. The highest BCUT2D eigenvalue weighted by molar-refractivity contribution is 7.87. The van der Waals surface area contributed by atoms with Crippen molar-refractivity contribution < 1.29 is 8.42 Å². The van der Waals surface area contributed by atoms with Gasteiger partial charge in [-0.25, -0.2) is 4.72 Å². The molecule has 0 aromatic heterocycles. The van der Waals surface area contributed by atoms with E-state index in [0.717, 1.165) is 31.7 Å². The highest BCUT2D eigenvalue weighted by atomic mass is 35.5. The van der Waals surface area contributed by atoms with E-state index in [1.165, 1.54) is 18.4 Å². The highest BCUT2D eigenvalue weighted by Crippen LogP contribution is 2.23. The molecule has 23 heavy (non-hydrogen) atoms. The predicted molar refractivity (Wildman–Crippen MR) is 93.9 cm³/mol. The minimum absolute atomic E-state index is 0.00399. The van der Waals surface area contributed by atoms with E-state index in [1.807, 2.05) is 24.3 Å². The van der Waals surface area contributed by atoms with Gasteiger partial charge in [0.1, 0.15) is 0 Å². The Labute approximate surface area is 144 Å². The van der Waals surface area contributed by atoms with Crippen molar-refractivity contribution in [2.45, 2.75) is 6.04 Å². The maximum Gasteiger partial charge on any atom is 0.278 e. The molecule has 0 radical (unpaired) electrons. The van der Waals surface area contributed by atoms with Gasteiger partial charge in [-0.1, -0.05) is 23.7 Å². The number of benzene rings is 1. The lowest BCUT2D eigenvalue weighted by molar-refractivity contribution is 0.112. The van der Waals surface area contributed by atoms with Gasteiger partial charge >= 0.3 is 0 Å². The standard InChI is InChI=1S/C15H25ClN4O2S/c1-18(2)23(21,22)17-12-15(13-4-6-14(16)7-5-13)20-10-8-19(3)9-11-20/h4-7,15,17H,8-12H2,1-3H3. The molecule has 1 aromatic carbocycles. The van der Waals surface area contributed by atoms with Crippen LogP contribution in [0.3, 0.4) is 0 Å². The van der Waals surface area contributed by atoms with Crippen molar-refractivity contribution in [3.8, 4) is 0 Å². The zero-order valence-electron chi connectivity index (χ0n) is 13.9. The summed E-state index contributed by atoms with van der Waals surface area (Å²) in [7, 11) is 1.71. The van der Waals surface area contributed by atoms with Crippen LogP contribution in [0.5, 0.6) is 0 Å². The lowest BCUT2D eigenvalue weighted by atomic mass is 10.0. The molecule has 0 spiro atoms. The number of hydrogen-bond donors (Lipinski definition) is 1. The summed E-state index contributed by atoms with van der Waals surface area (Å²) in [6.45, 7) is 4.11. The zero-order chi connectivity index (χ0) is 17.0. The highest BCUT2D eigenvalue weighted by Gasteiger charge is 2.26. The Balaban J connectivity index is 2.16. The van der Waals surface area contributed by atoms with Crippen LogP contribution in [0.4, 0.5) is 0 Å². The number of halogens is 1. The molecule has 0 bridgehead atoms. The van der Waals surface area contributed by atoms with Crippen molar-refractivity contribution >= 4 is 21.8 Å². The molecule has 1 N–H and O–H groups in total. The van der Waals surface area contributed by atoms with E-state index >= 15 is 0 Å². The van der Waals surface area contributed by atoms with Crippen LogP contribution in [0.2, 0.25) is 5.02 Å². The molecule has 0 amide bonds. The number of nitrogens with one attached hydrogen (secondary N) is 1. The number of hydrogen-bond acceptors (Lipinski definition) is 4. The van der Waals surface area contributed by atoms with Gasteiger partial charge in [0.05, 0.1) is 0 Å². The molecule has 1 aliphatic heterocycles. The fraction of sp³-hybridized carbons (Fsp3) is 0.600. The summed E-state index contributed by atoms with van der Waals surface area (Å²) in [6, 6.07) is 7.63. The molecule has 1 unspecified atom stereocenters. The molecule has 0 saturated carbocycles. The second-order valence-electron chi connectivity index (χ2n) is 6.04. The van der Waals surface area contributed by atoms with Crippen molar-refractivity contribution in [1.29, 1.82) is 0 Å². The maximum atomic E-state index is 12.0. The van der Waals surface area contributed by atoms with Crippen molar-refractivity contribution in [3.63, 3.8) is 0 Å². The molecular formula is C15H25ClN4O2S. The largest absolute Gasteiger partial charge is 0.304 e. The van der Waals surface area contributed by atoms with Gasteiger partial charge in [-0.15, -0.1) is 0 Å². The zero-order valence-corrected chi connectivity index (χ0v) is 15.4. The minimum Gasteiger partial charge on any atom is -0.304 e. The third-order valence-electron chi connectivity index (χ3n) is 4.17. The van der Waals surface area contributed by atoms with Gasteiger partial charge in [-0.2, -0.15) is 12.7 Å². The Morgan fingerprint density at radius 1 is 1.17 bits per heavy atom. The van der Waals surface area contributed by atoms with Crippen LogP contribution in [0.1, 0.15) is 11.6 Å². The molecule has 1 aliphatic rings. The molecule has 130 valence electrons. The van der Waals surface area contributed by atoms with E-state index in [1.54, 1.807) is 0 Å². The van der Waals surface area contributed by atoms with Gasteiger partial charge in [-0.05, 0) is 24.7 Å². The third kappa shape index (κ3) is 5.14. The fourth-order valence-electron chi connectivity index (χ4n) is 2.59. The van der Waals surface area contributed by atoms with Crippen molar-refractivity contribution in [3.05, 3.63) is 34.9 Å². The van der Waals surface area contributed by atoms with Crippen LogP contribution in [-0.4, -0.2) is 76.4 Å². The number of piperazine rings is 1. The first-order valence-corrected chi connectivity index (χ1v) is 9.46. The fourth-order valence-corrected chi connectivity index (χ4v) is 3.34. The van der Waals surface area contributed by atoms with Gasteiger partial charge in [0.25, 0.3) is 10.2 Å². The Bertz CT molecular complexity index is 598. The Morgan fingerprint density at radius 3 is 2.26 bits per heavy atom. The second-order valence-corrected chi connectivity index (χ2v) is 8.45. The topological polar surface area (TPSA) is 55.9 Å². The van der Waals surface area contributed by atoms with Crippen LogP contribution in [0, 0.1) is 0 Å². The van der Waals surface area contributed by atoms with Crippen LogP contribution < -0.4 is 4.72 Å². The van der Waals surface area contributed by atoms with Gasteiger partial charge in [0.15, 0.2) is 0 Å². The molecule has 2 rings (SSSR count). The summed E-state index contributed by atoms with van der Waals surface area (Å²) in [5, 5.41) is 0.680. The van der Waals surface area contributed by atoms with Gasteiger partial charge in [0, 0.05) is 57.9 Å². The molecule has 0 aliphatic carbocycles. The average molecular weight is 361 g/mol. The molecule has 6 nitrogen and oxygen atoms in total. The van der Waals surface area contributed by atoms with Gasteiger partial charge in [-0.3, -0.25) is 4.90 Å². The first kappa shape index (κ1) is 18.6. The summed E-state index contributed by atoms with van der Waals surface area (Å²) in [4.78, 5) is 4.60. The molecule has 1 fully saturated rings. The summed E-state index contributed by atoms with van der Waals surface area (Å²) in [5.41, 5.74) is 1.07. The lowest BCUT2D eigenvalue weighted by Crippen LogP contribution is -2.49. The summed E-state index contributed by atoms with van der Waals surface area (Å²) >= 11 is 5.97. The van der Waals surface area contributed by atoms with E-state index in [2.05, 4.69) is 21.6 Å². The average Bonchev–Trinajstić information content (AvgIpc) is 2.50. The maximum absolute atomic E-state index is 12.0. The Hall–Kier alpha value is -0.700. The van der Waals surface area contributed by atoms with E-state index in [9.17, 15) is 8.42 Å². The van der Waals surface area contributed by atoms with Crippen LogP contribution in [0.25, 0.3) is 0 Å². The SMILES string of the molecule is CN1CCN(C(CNS(=O)(=O)N(C)C)c2ccc(Cl)cc2)CC1. The lowest BCUT2D eigenvalue weighted by Gasteiger charge is -2.38. The summed E-state index contributed by atoms with van der Waals surface area (Å²) < 4.78 is 27.9. The molecule has 8 heteroatoms. The van der Waals surface area contributed by atoms with Crippen LogP contribution in [0.15, 0.2) is 24.3 Å². The molecule has 1 heterocycles. The molecule has 1 atom stereocenters. The van der Waals surface area contributed by atoms with E-state index < -0.39 is 10.2 Å². The summed E-state index contributed by atoms with van der Waals surface area (Å²) in [5.74, 6) is 0. The normalized spacial score (nSPS) is 19.2. The van der Waals surface area contributed by atoms with Crippen LogP contribution >= 0.6 is 11.6 Å². The first-order valence-electron chi connectivity index (χ1n) is 7.65. The van der Waals surface area contributed by atoms with Crippen LogP contribution in [-0.2, 0) is 10.2 Å². The second kappa shape index (κ2) is 7.92. The molecule has 1 aromatic rings. The molecular weight excluding hydrogens is 336 g/mol. The smallest absolute Gasteiger partial charge is 0.278 e. The molecule has 1 saturated heterocycles. The Kier molecular flexibility index (Phi) is 6.41. The van der Waals surface area contributed by atoms with Gasteiger partial charge < -0.3 is 4.90 Å². The van der Waals surface area contributed by atoms with E-state index in [4.69, 9.17) is 11.6 Å². The van der Waals surface area contributed by atoms with Crippen molar-refractivity contribution in [2.24, 2.45) is 0 Å². The van der Waals surface area contributed by atoms with E-state index in [-0.39, 0.29) is 6.04 Å². The Morgan fingerprint density at radius 2 is 1.74 bits per heavy atom. The quantitative estimate of drug-likeness (QED) is 0.823. The predicted octanol–water partition coefficient (Wildman–Crippen LogP) is 1.02. The minimum atomic E-state index is -3.44. The van der Waals surface area contributed by atoms with Crippen molar-refractivity contribution in [1.82, 2.24) is 18.8 Å². The third-order valence-corrected chi connectivity index (χ3v) is 5.92.